The number of carbonyl (C=O) groups excluding carboxylic acids is 1. The molecule has 1 aromatic carbocycles. The molecule has 0 bridgehead atoms. The van der Waals surface area contributed by atoms with Crippen molar-refractivity contribution in [2.45, 2.75) is 13.5 Å². The Morgan fingerprint density at radius 1 is 1.24 bits per heavy atom. The van der Waals surface area contributed by atoms with E-state index in [1.54, 1.807) is 13.0 Å². The average molecular weight is 345 g/mol. The molecule has 0 saturated carbocycles. The second kappa shape index (κ2) is 6.00. The van der Waals surface area contributed by atoms with Crippen LogP contribution in [-0.2, 0) is 25.4 Å². The fourth-order valence-corrected chi connectivity index (χ4v) is 2.58. The van der Waals surface area contributed by atoms with Crippen molar-refractivity contribution >= 4 is 22.8 Å². The number of nitrogens with one attached hydrogen (secondary N) is 1. The minimum absolute atomic E-state index is 0.0559. The Morgan fingerprint density at radius 3 is 2.64 bits per heavy atom. The van der Waals surface area contributed by atoms with Gasteiger partial charge in [0.05, 0.1) is 12.0 Å². The zero-order chi connectivity index (χ0) is 18.3. The average Bonchev–Trinajstić information content (AvgIpc) is 2.97. The van der Waals surface area contributed by atoms with Gasteiger partial charge in [-0.2, -0.15) is 0 Å². The van der Waals surface area contributed by atoms with Crippen LogP contribution in [-0.4, -0.2) is 24.6 Å². The Hall–Kier alpha value is -3.23. The molecular formula is C16H16FN5O3. The first kappa shape index (κ1) is 16.6. The Kier molecular flexibility index (Phi) is 3.99. The lowest BCUT2D eigenvalue weighted by atomic mass is 10.2. The number of rotatable bonds is 3. The first-order valence-electron chi connectivity index (χ1n) is 7.46. The molecule has 0 fully saturated rings. The number of carbonyl (C=O) groups is 1. The van der Waals surface area contributed by atoms with Gasteiger partial charge in [0, 0.05) is 14.1 Å². The minimum atomic E-state index is -0.551. The summed E-state index contributed by atoms with van der Waals surface area (Å²) in [6.07, 6.45) is 1.30. The van der Waals surface area contributed by atoms with Crippen LogP contribution in [0.2, 0.25) is 0 Å². The Labute approximate surface area is 141 Å². The summed E-state index contributed by atoms with van der Waals surface area (Å²) in [7, 11) is 2.84. The number of hydrogen-bond donors (Lipinski definition) is 1. The number of imidazole rings is 1. The van der Waals surface area contributed by atoms with E-state index < -0.39 is 23.0 Å². The molecule has 0 radical (unpaired) electrons. The lowest BCUT2D eigenvalue weighted by Crippen LogP contribution is -2.37. The van der Waals surface area contributed by atoms with Crippen molar-refractivity contribution in [3.05, 3.63) is 56.7 Å². The SMILES string of the molecule is Cc1ccc(NC(=O)Cn2cnc3c2c(=O)n(C)c(=O)n3C)c(F)c1. The van der Waals surface area contributed by atoms with Crippen LogP contribution < -0.4 is 16.6 Å². The summed E-state index contributed by atoms with van der Waals surface area (Å²) in [4.78, 5) is 40.4. The highest BCUT2D eigenvalue weighted by Gasteiger charge is 2.16. The van der Waals surface area contributed by atoms with E-state index in [1.807, 2.05) is 0 Å². The maximum Gasteiger partial charge on any atom is 0.332 e. The molecule has 9 heteroatoms. The molecule has 0 aliphatic rings. The van der Waals surface area contributed by atoms with Gasteiger partial charge < -0.3 is 9.88 Å². The third-order valence-electron chi connectivity index (χ3n) is 3.93. The molecule has 0 unspecified atom stereocenters. The largest absolute Gasteiger partial charge is 0.332 e. The number of halogens is 1. The minimum Gasteiger partial charge on any atom is -0.322 e. The highest BCUT2D eigenvalue weighted by Crippen LogP contribution is 2.15. The van der Waals surface area contributed by atoms with Crippen LogP contribution >= 0.6 is 0 Å². The Morgan fingerprint density at radius 2 is 1.96 bits per heavy atom. The second-order valence-electron chi connectivity index (χ2n) is 5.78. The van der Waals surface area contributed by atoms with Crippen molar-refractivity contribution in [2.75, 3.05) is 5.32 Å². The molecule has 0 saturated heterocycles. The van der Waals surface area contributed by atoms with Crippen LogP contribution in [0.5, 0.6) is 0 Å². The van der Waals surface area contributed by atoms with Crippen LogP contribution in [0.3, 0.4) is 0 Å². The molecule has 3 rings (SSSR count). The molecule has 0 atom stereocenters. The highest BCUT2D eigenvalue weighted by atomic mass is 19.1. The fraction of sp³-hybridized carbons (Fsp3) is 0.250. The van der Waals surface area contributed by atoms with Gasteiger partial charge in [0.25, 0.3) is 5.56 Å². The first-order chi connectivity index (χ1) is 11.8. The normalized spacial score (nSPS) is 11.0. The van der Waals surface area contributed by atoms with E-state index >= 15 is 0 Å². The Balaban J connectivity index is 1.94. The van der Waals surface area contributed by atoms with Crippen LogP contribution in [0, 0.1) is 12.7 Å². The van der Waals surface area contributed by atoms with E-state index in [9.17, 15) is 18.8 Å². The topological polar surface area (TPSA) is 90.9 Å². The van der Waals surface area contributed by atoms with Crippen molar-refractivity contribution in [1.29, 1.82) is 0 Å². The molecule has 0 spiro atoms. The monoisotopic (exact) mass is 345 g/mol. The van der Waals surface area contributed by atoms with Gasteiger partial charge >= 0.3 is 5.69 Å². The molecule has 1 N–H and O–H groups in total. The van der Waals surface area contributed by atoms with Gasteiger partial charge in [-0.05, 0) is 24.6 Å². The van der Waals surface area contributed by atoms with Crippen molar-refractivity contribution in [3.63, 3.8) is 0 Å². The van der Waals surface area contributed by atoms with Crippen LogP contribution in [0.4, 0.5) is 10.1 Å². The van der Waals surface area contributed by atoms with Crippen LogP contribution in [0.15, 0.2) is 34.1 Å². The molecule has 25 heavy (non-hydrogen) atoms. The van der Waals surface area contributed by atoms with E-state index in [1.165, 1.54) is 41.7 Å². The van der Waals surface area contributed by atoms with E-state index in [0.29, 0.717) is 0 Å². The van der Waals surface area contributed by atoms with Gasteiger partial charge in [-0.25, -0.2) is 14.2 Å². The molecule has 8 nitrogen and oxygen atoms in total. The zero-order valence-electron chi connectivity index (χ0n) is 13.9. The highest BCUT2D eigenvalue weighted by molar-refractivity contribution is 5.91. The molecule has 0 aliphatic carbocycles. The second-order valence-corrected chi connectivity index (χ2v) is 5.78. The number of hydrogen-bond acceptors (Lipinski definition) is 4. The van der Waals surface area contributed by atoms with E-state index in [2.05, 4.69) is 10.3 Å². The number of benzene rings is 1. The summed E-state index contributed by atoms with van der Waals surface area (Å²) in [6, 6.07) is 4.46. The smallest absolute Gasteiger partial charge is 0.322 e. The summed E-state index contributed by atoms with van der Waals surface area (Å²) < 4.78 is 17.3. The summed E-state index contributed by atoms with van der Waals surface area (Å²) in [5, 5.41) is 2.46. The number of aryl methyl sites for hydroxylation is 2. The van der Waals surface area contributed by atoms with Crippen molar-refractivity contribution in [2.24, 2.45) is 14.1 Å². The summed E-state index contributed by atoms with van der Waals surface area (Å²) in [5.74, 6) is -1.06. The molecule has 3 aromatic rings. The molecule has 2 aromatic heterocycles. The number of fused-ring (bicyclic) bond motifs is 1. The predicted octanol–water partition coefficient (Wildman–Crippen LogP) is 0.520. The van der Waals surface area contributed by atoms with E-state index in [0.717, 1.165) is 10.1 Å². The van der Waals surface area contributed by atoms with Crippen molar-refractivity contribution < 1.29 is 9.18 Å². The van der Waals surface area contributed by atoms with Gasteiger partial charge in [-0.15, -0.1) is 0 Å². The van der Waals surface area contributed by atoms with Gasteiger partial charge in [-0.3, -0.25) is 18.7 Å². The van der Waals surface area contributed by atoms with Gasteiger partial charge in [0.15, 0.2) is 11.2 Å². The molecule has 1 amide bonds. The van der Waals surface area contributed by atoms with Gasteiger partial charge in [0.1, 0.15) is 12.4 Å². The number of amides is 1. The number of anilines is 1. The third kappa shape index (κ3) is 2.84. The van der Waals surface area contributed by atoms with E-state index in [4.69, 9.17) is 0 Å². The van der Waals surface area contributed by atoms with Gasteiger partial charge in [-0.1, -0.05) is 6.07 Å². The predicted molar refractivity (Wildman–Crippen MR) is 90.0 cm³/mol. The summed E-state index contributed by atoms with van der Waals surface area (Å²) in [5.41, 5.74) is 0.0474. The lowest BCUT2D eigenvalue weighted by Gasteiger charge is -2.09. The molecule has 2 heterocycles. The third-order valence-corrected chi connectivity index (χ3v) is 3.93. The molecular weight excluding hydrogens is 329 g/mol. The maximum atomic E-state index is 13.8. The van der Waals surface area contributed by atoms with E-state index in [-0.39, 0.29) is 23.4 Å². The van der Waals surface area contributed by atoms with Crippen molar-refractivity contribution in [1.82, 2.24) is 18.7 Å². The summed E-state index contributed by atoms with van der Waals surface area (Å²) >= 11 is 0. The van der Waals surface area contributed by atoms with Crippen molar-refractivity contribution in [3.8, 4) is 0 Å². The number of nitrogens with zero attached hydrogens (tertiary/aromatic N) is 4. The fourth-order valence-electron chi connectivity index (χ4n) is 2.58. The first-order valence-corrected chi connectivity index (χ1v) is 7.46. The zero-order valence-corrected chi connectivity index (χ0v) is 13.9. The summed E-state index contributed by atoms with van der Waals surface area (Å²) in [6.45, 7) is 1.50. The standard InChI is InChI=1S/C16H16FN5O3/c1-9-4-5-11(10(17)6-9)19-12(23)7-22-8-18-14-13(22)15(24)21(3)16(25)20(14)2/h4-6,8H,7H2,1-3H3,(H,19,23). The maximum absolute atomic E-state index is 13.8. The quantitative estimate of drug-likeness (QED) is 0.749. The number of aromatic nitrogens is 4. The van der Waals surface area contributed by atoms with Gasteiger partial charge in [0.2, 0.25) is 5.91 Å². The molecule has 0 aliphatic heterocycles. The van der Waals surface area contributed by atoms with Crippen LogP contribution in [0.25, 0.3) is 11.2 Å². The van der Waals surface area contributed by atoms with Crippen LogP contribution in [0.1, 0.15) is 5.56 Å². The Bertz CT molecular complexity index is 1110. The molecule has 130 valence electrons. The lowest BCUT2D eigenvalue weighted by molar-refractivity contribution is -0.116.